The van der Waals surface area contributed by atoms with E-state index in [0.29, 0.717) is 12.3 Å². The number of rotatable bonds is 5. The molecule has 1 unspecified atom stereocenters. The van der Waals surface area contributed by atoms with Crippen molar-refractivity contribution in [2.45, 2.75) is 32.1 Å². The van der Waals surface area contributed by atoms with Gasteiger partial charge in [-0.1, -0.05) is 0 Å². The standard InChI is InChI=1S/C13H23NO3/c15-13(16)2-1-11-3-6-14(9-11)10-12-4-7-17-8-5-12/h11-12H,1-10H2,(H,15,16). The zero-order valence-corrected chi connectivity index (χ0v) is 10.4. The number of aliphatic carboxylic acids is 1. The molecule has 0 bridgehead atoms. The lowest BCUT2D eigenvalue weighted by molar-refractivity contribution is -0.137. The van der Waals surface area contributed by atoms with Gasteiger partial charge >= 0.3 is 5.97 Å². The van der Waals surface area contributed by atoms with Crippen LogP contribution >= 0.6 is 0 Å². The summed E-state index contributed by atoms with van der Waals surface area (Å²) in [4.78, 5) is 13.0. The predicted molar refractivity (Wildman–Crippen MR) is 65.0 cm³/mol. The van der Waals surface area contributed by atoms with Crippen molar-refractivity contribution in [1.82, 2.24) is 4.90 Å². The van der Waals surface area contributed by atoms with E-state index in [9.17, 15) is 4.79 Å². The largest absolute Gasteiger partial charge is 0.481 e. The Morgan fingerprint density at radius 1 is 1.24 bits per heavy atom. The van der Waals surface area contributed by atoms with Crippen LogP contribution in [0.4, 0.5) is 0 Å². The van der Waals surface area contributed by atoms with Gasteiger partial charge in [-0.2, -0.15) is 0 Å². The van der Waals surface area contributed by atoms with Gasteiger partial charge in [0.1, 0.15) is 0 Å². The van der Waals surface area contributed by atoms with Crippen LogP contribution in [0.3, 0.4) is 0 Å². The van der Waals surface area contributed by atoms with Crippen LogP contribution in [-0.2, 0) is 9.53 Å². The second-order valence-corrected chi connectivity index (χ2v) is 5.40. The molecular formula is C13H23NO3. The number of ether oxygens (including phenoxy) is 1. The molecule has 0 radical (unpaired) electrons. The van der Waals surface area contributed by atoms with Gasteiger partial charge in [0, 0.05) is 32.7 Å². The highest BCUT2D eigenvalue weighted by Gasteiger charge is 2.25. The topological polar surface area (TPSA) is 49.8 Å². The summed E-state index contributed by atoms with van der Waals surface area (Å²) >= 11 is 0. The molecule has 2 heterocycles. The highest BCUT2D eigenvalue weighted by molar-refractivity contribution is 5.66. The van der Waals surface area contributed by atoms with Crippen LogP contribution in [0.1, 0.15) is 32.1 Å². The highest BCUT2D eigenvalue weighted by Crippen LogP contribution is 2.24. The third kappa shape index (κ3) is 4.28. The number of hydrogen-bond acceptors (Lipinski definition) is 3. The smallest absolute Gasteiger partial charge is 0.303 e. The Bertz CT molecular complexity index is 251. The Balaban J connectivity index is 1.64. The van der Waals surface area contributed by atoms with Crippen molar-refractivity contribution in [3.8, 4) is 0 Å². The van der Waals surface area contributed by atoms with Crippen molar-refractivity contribution in [2.24, 2.45) is 11.8 Å². The molecule has 4 nitrogen and oxygen atoms in total. The van der Waals surface area contributed by atoms with E-state index in [-0.39, 0.29) is 0 Å². The maximum Gasteiger partial charge on any atom is 0.303 e. The van der Waals surface area contributed by atoms with Gasteiger partial charge in [-0.25, -0.2) is 0 Å². The molecule has 0 spiro atoms. The van der Waals surface area contributed by atoms with Crippen molar-refractivity contribution in [3.05, 3.63) is 0 Å². The summed E-state index contributed by atoms with van der Waals surface area (Å²) in [6.07, 6.45) is 4.73. The highest BCUT2D eigenvalue weighted by atomic mass is 16.5. The first-order valence-corrected chi connectivity index (χ1v) is 6.76. The lowest BCUT2D eigenvalue weighted by Gasteiger charge is -2.26. The van der Waals surface area contributed by atoms with Crippen LogP contribution in [0.15, 0.2) is 0 Å². The molecule has 0 aromatic heterocycles. The molecular weight excluding hydrogens is 218 g/mol. The van der Waals surface area contributed by atoms with Crippen molar-refractivity contribution in [1.29, 1.82) is 0 Å². The molecule has 17 heavy (non-hydrogen) atoms. The molecule has 0 amide bonds. The predicted octanol–water partition coefficient (Wildman–Crippen LogP) is 1.60. The van der Waals surface area contributed by atoms with Crippen LogP contribution in [0.25, 0.3) is 0 Å². The lowest BCUT2D eigenvalue weighted by Crippen LogP contribution is -2.31. The van der Waals surface area contributed by atoms with Crippen LogP contribution in [0.2, 0.25) is 0 Å². The van der Waals surface area contributed by atoms with Gasteiger partial charge in [-0.15, -0.1) is 0 Å². The summed E-state index contributed by atoms with van der Waals surface area (Å²) in [6.45, 7) is 5.28. The molecule has 0 saturated carbocycles. The van der Waals surface area contributed by atoms with Crippen molar-refractivity contribution < 1.29 is 14.6 Å². The molecule has 2 rings (SSSR count). The number of carbonyl (C=O) groups is 1. The monoisotopic (exact) mass is 241 g/mol. The van der Waals surface area contributed by atoms with Gasteiger partial charge in [-0.05, 0) is 44.1 Å². The van der Waals surface area contributed by atoms with E-state index < -0.39 is 5.97 Å². The third-order valence-electron chi connectivity index (χ3n) is 3.99. The molecule has 2 aliphatic heterocycles. The summed E-state index contributed by atoms with van der Waals surface area (Å²) in [5.74, 6) is 0.737. The summed E-state index contributed by atoms with van der Waals surface area (Å²) in [5.41, 5.74) is 0. The van der Waals surface area contributed by atoms with E-state index in [4.69, 9.17) is 9.84 Å². The first-order chi connectivity index (χ1) is 8.24. The van der Waals surface area contributed by atoms with E-state index in [1.807, 2.05) is 0 Å². The zero-order chi connectivity index (χ0) is 12.1. The van der Waals surface area contributed by atoms with E-state index in [1.54, 1.807) is 0 Å². The summed E-state index contributed by atoms with van der Waals surface area (Å²) in [5, 5.41) is 8.67. The lowest BCUT2D eigenvalue weighted by atomic mass is 9.99. The molecule has 1 N–H and O–H groups in total. The molecule has 2 saturated heterocycles. The first-order valence-electron chi connectivity index (χ1n) is 6.76. The fourth-order valence-electron chi connectivity index (χ4n) is 2.94. The molecule has 4 heteroatoms. The van der Waals surface area contributed by atoms with Crippen LogP contribution in [0.5, 0.6) is 0 Å². The molecule has 0 aromatic rings. The van der Waals surface area contributed by atoms with Gasteiger partial charge in [0.25, 0.3) is 0 Å². The van der Waals surface area contributed by atoms with Crippen LogP contribution in [0, 0.1) is 11.8 Å². The molecule has 0 aliphatic carbocycles. The van der Waals surface area contributed by atoms with E-state index in [1.165, 1.54) is 25.8 Å². The van der Waals surface area contributed by atoms with Crippen molar-refractivity contribution >= 4 is 5.97 Å². The number of carboxylic acids is 1. The fourth-order valence-corrected chi connectivity index (χ4v) is 2.94. The minimum atomic E-state index is -0.659. The second-order valence-electron chi connectivity index (χ2n) is 5.40. The maximum absolute atomic E-state index is 10.5. The van der Waals surface area contributed by atoms with Gasteiger partial charge in [0.2, 0.25) is 0 Å². The normalized spacial score (nSPS) is 27.4. The molecule has 1 atom stereocenters. The SMILES string of the molecule is O=C(O)CCC1CCN(CC2CCOCC2)C1. The van der Waals surface area contributed by atoms with Gasteiger partial charge in [-0.3, -0.25) is 4.79 Å². The average Bonchev–Trinajstić information content (AvgIpc) is 2.75. The maximum atomic E-state index is 10.5. The second kappa shape index (κ2) is 6.36. The van der Waals surface area contributed by atoms with E-state index in [2.05, 4.69) is 4.90 Å². The third-order valence-corrected chi connectivity index (χ3v) is 3.99. The van der Waals surface area contributed by atoms with Gasteiger partial charge in [0.15, 0.2) is 0 Å². The van der Waals surface area contributed by atoms with Gasteiger partial charge in [0.05, 0.1) is 0 Å². The Morgan fingerprint density at radius 2 is 2.00 bits per heavy atom. The van der Waals surface area contributed by atoms with Crippen molar-refractivity contribution in [2.75, 3.05) is 32.8 Å². The quantitative estimate of drug-likeness (QED) is 0.794. The first kappa shape index (κ1) is 12.8. The van der Waals surface area contributed by atoms with E-state index in [0.717, 1.165) is 38.6 Å². The summed E-state index contributed by atoms with van der Waals surface area (Å²) < 4.78 is 5.37. The Kier molecular flexibility index (Phi) is 4.80. The fraction of sp³-hybridized carbons (Fsp3) is 0.923. The number of nitrogens with zero attached hydrogens (tertiary/aromatic N) is 1. The molecule has 2 fully saturated rings. The van der Waals surface area contributed by atoms with E-state index >= 15 is 0 Å². The zero-order valence-electron chi connectivity index (χ0n) is 10.4. The molecule has 98 valence electrons. The Morgan fingerprint density at radius 3 is 2.71 bits per heavy atom. The molecule has 0 aromatic carbocycles. The minimum absolute atomic E-state index is 0.329. The average molecular weight is 241 g/mol. The number of hydrogen-bond donors (Lipinski definition) is 1. The Labute approximate surface area is 103 Å². The van der Waals surface area contributed by atoms with Crippen molar-refractivity contribution in [3.63, 3.8) is 0 Å². The summed E-state index contributed by atoms with van der Waals surface area (Å²) in [6, 6.07) is 0. The van der Waals surface area contributed by atoms with Gasteiger partial charge < -0.3 is 14.7 Å². The Hall–Kier alpha value is -0.610. The summed E-state index contributed by atoms with van der Waals surface area (Å²) in [7, 11) is 0. The van der Waals surface area contributed by atoms with Crippen LogP contribution in [-0.4, -0.2) is 48.8 Å². The number of carboxylic acid groups (broad SMARTS) is 1. The minimum Gasteiger partial charge on any atom is -0.481 e. The van der Waals surface area contributed by atoms with Crippen LogP contribution < -0.4 is 0 Å². The molecule has 2 aliphatic rings. The number of likely N-dealkylation sites (tertiary alicyclic amines) is 1.